The number of ether oxygens (including phenoxy) is 3. The summed E-state index contributed by atoms with van der Waals surface area (Å²) in [6, 6.07) is 0. The van der Waals surface area contributed by atoms with E-state index >= 15 is 0 Å². The Kier molecular flexibility index (Phi) is 5.89. The van der Waals surface area contributed by atoms with Gasteiger partial charge in [-0.2, -0.15) is 0 Å². The number of carbonyl (C=O) groups excluding carboxylic acids is 3. The second-order valence-electron chi connectivity index (χ2n) is 13.6. The Bertz CT molecular complexity index is 1240. The fourth-order valence-electron chi connectivity index (χ4n) is 9.86. The molecule has 220 valence electrons. The van der Waals surface area contributed by atoms with Gasteiger partial charge in [0.15, 0.2) is 5.78 Å². The van der Waals surface area contributed by atoms with Crippen LogP contribution in [0.5, 0.6) is 0 Å². The highest BCUT2D eigenvalue weighted by Gasteiger charge is 2.86. The molecule has 1 spiro atoms. The molecule has 6 rings (SSSR count). The Morgan fingerprint density at radius 2 is 1.82 bits per heavy atom. The van der Waals surface area contributed by atoms with Crippen molar-refractivity contribution in [3.63, 3.8) is 0 Å². The number of aliphatic hydroxyl groups excluding tert-OH is 1. The van der Waals surface area contributed by atoms with Crippen molar-refractivity contribution in [1.29, 1.82) is 0 Å². The lowest BCUT2D eigenvalue weighted by Gasteiger charge is -2.67. The van der Waals surface area contributed by atoms with Gasteiger partial charge in [0.25, 0.3) is 0 Å². The molecule has 4 fully saturated rings. The van der Waals surface area contributed by atoms with Crippen molar-refractivity contribution >= 4 is 17.5 Å². The van der Waals surface area contributed by atoms with Crippen LogP contribution in [0.2, 0.25) is 0 Å². The van der Waals surface area contributed by atoms with Gasteiger partial charge in [-0.1, -0.05) is 39.0 Å². The second kappa shape index (κ2) is 8.34. The Morgan fingerprint density at radius 3 is 2.48 bits per heavy atom. The molecule has 40 heavy (non-hydrogen) atoms. The van der Waals surface area contributed by atoms with Crippen LogP contribution < -0.4 is 0 Å². The van der Waals surface area contributed by atoms with E-state index in [1.807, 2.05) is 19.9 Å². The molecule has 3 aliphatic heterocycles. The molecular formula is C31H42O9. The molecule has 9 nitrogen and oxygen atoms in total. The molecule has 0 aromatic carbocycles. The molecule has 9 heteroatoms. The van der Waals surface area contributed by atoms with Crippen LogP contribution >= 0.6 is 0 Å². The summed E-state index contributed by atoms with van der Waals surface area (Å²) < 4.78 is 19.1. The highest BCUT2D eigenvalue weighted by Crippen LogP contribution is 2.71. The minimum Gasteiger partial charge on any atom is -0.459 e. The van der Waals surface area contributed by atoms with E-state index in [4.69, 9.17) is 14.2 Å². The van der Waals surface area contributed by atoms with E-state index in [1.54, 1.807) is 39.8 Å². The summed E-state index contributed by atoms with van der Waals surface area (Å²) in [6.45, 7) is 10.8. The van der Waals surface area contributed by atoms with Crippen LogP contribution in [0, 0.1) is 34.5 Å². The summed E-state index contributed by atoms with van der Waals surface area (Å²) in [5.41, 5.74) is -6.46. The molecule has 0 aromatic rings. The quantitative estimate of drug-likeness (QED) is 0.446. The number of hydrogen-bond donors (Lipinski definition) is 3. The summed E-state index contributed by atoms with van der Waals surface area (Å²) >= 11 is 0. The lowest BCUT2D eigenvalue weighted by atomic mass is 9.45. The van der Waals surface area contributed by atoms with Gasteiger partial charge in [-0.3, -0.25) is 14.4 Å². The van der Waals surface area contributed by atoms with Crippen LogP contribution in [0.15, 0.2) is 23.8 Å². The number of fused-ring (bicyclic) bond motifs is 8. The third kappa shape index (κ3) is 2.89. The van der Waals surface area contributed by atoms with Gasteiger partial charge >= 0.3 is 5.97 Å². The summed E-state index contributed by atoms with van der Waals surface area (Å²) in [5, 5.41) is 37.0. The average molecular weight is 559 g/mol. The Balaban J connectivity index is 1.66. The Hall–Kier alpha value is -1.91. The SMILES string of the molecule is CCO[C@@]1(C)[C@H]2C[C@@](C)(C3C(=O)[C@]4(O)O[C@@]31[C@](O)(CC)CCC1C4C(O)C=C3C=CCC(=O)[C@@]31C)[C@H](C)C(=O)O2. The topological polar surface area (TPSA) is 140 Å². The number of ketones is 2. The van der Waals surface area contributed by atoms with Crippen molar-refractivity contribution in [2.24, 2.45) is 34.5 Å². The van der Waals surface area contributed by atoms with Gasteiger partial charge in [0.05, 0.1) is 34.9 Å². The number of hydrogen-bond acceptors (Lipinski definition) is 9. The first kappa shape index (κ1) is 28.2. The van der Waals surface area contributed by atoms with Gasteiger partial charge in [0.1, 0.15) is 23.1 Å². The number of allylic oxidation sites excluding steroid dienone is 3. The molecule has 6 aliphatic rings. The van der Waals surface area contributed by atoms with Crippen molar-refractivity contribution in [3.8, 4) is 0 Å². The standard InChI is InChI=1S/C31H42O9/c1-7-29(36)13-12-18-22(19(32)14-17-10-9-11-20(33)27(17,18)5)30(37)24(34)23-26(4)15-21(39-25(35)16(26)3)28(6,38-8-2)31(23,29)40-30/h9-10,14,16,18-19,21-23,32,36-37H,7-8,11-13,15H2,1-6H3/t16-,18?,19?,21-,22?,23?,26-,27+,28+,29+,30-,31+/m1/s1. The van der Waals surface area contributed by atoms with Crippen LogP contribution in [-0.2, 0) is 28.6 Å². The highest BCUT2D eigenvalue weighted by atomic mass is 16.7. The predicted molar refractivity (Wildman–Crippen MR) is 141 cm³/mol. The minimum absolute atomic E-state index is 0.0699. The maximum Gasteiger partial charge on any atom is 0.309 e. The lowest BCUT2D eigenvalue weighted by molar-refractivity contribution is -0.390. The van der Waals surface area contributed by atoms with E-state index < -0.39 is 81.1 Å². The van der Waals surface area contributed by atoms with Crippen molar-refractivity contribution < 1.29 is 43.9 Å². The molecule has 12 atom stereocenters. The van der Waals surface area contributed by atoms with Gasteiger partial charge in [-0.25, -0.2) is 0 Å². The number of rotatable bonds is 3. The van der Waals surface area contributed by atoms with E-state index in [1.165, 1.54) is 0 Å². The van der Waals surface area contributed by atoms with Crippen molar-refractivity contribution in [2.75, 3.05) is 6.61 Å². The van der Waals surface area contributed by atoms with Crippen LogP contribution in [0.4, 0.5) is 0 Å². The smallest absolute Gasteiger partial charge is 0.309 e. The van der Waals surface area contributed by atoms with E-state index in [2.05, 4.69) is 0 Å². The fraction of sp³-hybridized carbons (Fsp3) is 0.774. The van der Waals surface area contributed by atoms with Gasteiger partial charge in [0, 0.05) is 13.0 Å². The molecule has 3 heterocycles. The first-order valence-corrected chi connectivity index (χ1v) is 14.8. The van der Waals surface area contributed by atoms with Crippen molar-refractivity contribution in [1.82, 2.24) is 0 Å². The molecule has 3 N–H and O–H groups in total. The summed E-state index contributed by atoms with van der Waals surface area (Å²) in [6.07, 6.45) is 4.05. The normalized spacial score (nSPS) is 54.9. The Morgan fingerprint density at radius 1 is 1.12 bits per heavy atom. The summed E-state index contributed by atoms with van der Waals surface area (Å²) in [4.78, 5) is 41.7. The molecule has 3 aliphatic carbocycles. The first-order chi connectivity index (χ1) is 18.6. The van der Waals surface area contributed by atoms with E-state index in [-0.39, 0.29) is 44.5 Å². The summed E-state index contributed by atoms with van der Waals surface area (Å²) in [7, 11) is 0. The lowest BCUT2D eigenvalue weighted by Crippen LogP contribution is -2.81. The zero-order valence-electron chi connectivity index (χ0n) is 24.2. The van der Waals surface area contributed by atoms with Crippen LogP contribution in [0.25, 0.3) is 0 Å². The minimum atomic E-state index is -2.55. The second-order valence-corrected chi connectivity index (χ2v) is 13.6. The van der Waals surface area contributed by atoms with Gasteiger partial charge in [-0.05, 0) is 63.4 Å². The molecule has 0 aromatic heterocycles. The predicted octanol–water partition coefficient (Wildman–Crippen LogP) is 2.40. The summed E-state index contributed by atoms with van der Waals surface area (Å²) in [5.74, 6) is -7.49. The number of esters is 1. The number of Topliss-reactive ketones (excluding diaryl/α,β-unsaturated/α-hetero) is 2. The first-order valence-electron chi connectivity index (χ1n) is 14.8. The van der Waals surface area contributed by atoms with Crippen LogP contribution in [0.1, 0.15) is 73.6 Å². The van der Waals surface area contributed by atoms with Gasteiger partial charge in [0.2, 0.25) is 5.79 Å². The maximum absolute atomic E-state index is 14.9. The fourth-order valence-corrected chi connectivity index (χ4v) is 9.86. The van der Waals surface area contributed by atoms with E-state index in [0.717, 1.165) is 0 Å². The highest BCUT2D eigenvalue weighted by molar-refractivity contribution is 5.96. The molecular weight excluding hydrogens is 516 g/mol. The molecule has 1 saturated carbocycles. The van der Waals surface area contributed by atoms with Crippen LogP contribution in [-0.4, -0.2) is 74.3 Å². The van der Waals surface area contributed by atoms with Gasteiger partial charge < -0.3 is 29.5 Å². The largest absolute Gasteiger partial charge is 0.459 e. The molecule has 0 amide bonds. The number of aliphatic hydroxyl groups is 3. The van der Waals surface area contributed by atoms with E-state index in [0.29, 0.717) is 5.57 Å². The zero-order valence-corrected chi connectivity index (χ0v) is 24.2. The molecule has 4 unspecified atom stereocenters. The maximum atomic E-state index is 14.9. The molecule has 4 bridgehead atoms. The van der Waals surface area contributed by atoms with E-state index in [9.17, 15) is 29.7 Å². The average Bonchev–Trinajstić information content (AvgIpc) is 3.16. The Labute approximate surface area is 234 Å². The van der Waals surface area contributed by atoms with Crippen LogP contribution in [0.3, 0.4) is 0 Å². The third-order valence-corrected chi connectivity index (χ3v) is 12.3. The van der Waals surface area contributed by atoms with Crippen molar-refractivity contribution in [2.45, 2.75) is 108 Å². The van der Waals surface area contributed by atoms with Crippen molar-refractivity contribution in [3.05, 3.63) is 23.8 Å². The zero-order chi connectivity index (χ0) is 29.3. The number of carbonyl (C=O) groups is 3. The molecule has 0 radical (unpaired) electrons. The third-order valence-electron chi connectivity index (χ3n) is 12.3. The van der Waals surface area contributed by atoms with Gasteiger partial charge in [-0.15, -0.1) is 0 Å². The monoisotopic (exact) mass is 558 g/mol. The molecule has 3 saturated heterocycles.